The molecule has 0 bridgehead atoms. The van der Waals surface area contributed by atoms with Gasteiger partial charge < -0.3 is 10.2 Å². The average Bonchev–Trinajstić information content (AvgIpc) is 2.72. The van der Waals surface area contributed by atoms with Crippen molar-refractivity contribution < 1.29 is 18.0 Å². The molecule has 2 aromatic rings. The molecule has 30 heavy (non-hydrogen) atoms. The summed E-state index contributed by atoms with van der Waals surface area (Å²) in [5.74, 6) is -0.872. The number of aryl methyl sites for hydroxylation is 1. The van der Waals surface area contributed by atoms with Gasteiger partial charge in [0.1, 0.15) is 6.04 Å². The molecule has 162 valence electrons. The number of hydrogen-bond donors (Lipinski definition) is 1. The first-order chi connectivity index (χ1) is 14.1. The van der Waals surface area contributed by atoms with Crippen LogP contribution in [-0.4, -0.2) is 56.1 Å². The molecule has 1 N–H and O–H groups in total. The van der Waals surface area contributed by atoms with Gasteiger partial charge in [-0.3, -0.25) is 9.59 Å². The molecule has 0 aliphatic heterocycles. The second kappa shape index (κ2) is 10.1. The predicted molar refractivity (Wildman–Crippen MR) is 117 cm³/mol. The Bertz CT molecular complexity index is 1010. The summed E-state index contributed by atoms with van der Waals surface area (Å²) in [6, 6.07) is 12.6. The molecule has 2 amide bonds. The Hall–Kier alpha value is -2.42. The van der Waals surface area contributed by atoms with Crippen molar-refractivity contribution in [2.24, 2.45) is 0 Å². The molecule has 0 saturated carbocycles. The molecule has 1 unspecified atom stereocenters. The number of hydrogen-bond acceptors (Lipinski definition) is 4. The van der Waals surface area contributed by atoms with E-state index in [1.807, 2.05) is 6.92 Å². The molecule has 0 aliphatic carbocycles. The van der Waals surface area contributed by atoms with Crippen LogP contribution in [0, 0.1) is 6.92 Å². The van der Waals surface area contributed by atoms with E-state index in [4.69, 9.17) is 11.6 Å². The summed E-state index contributed by atoms with van der Waals surface area (Å²) in [4.78, 5) is 26.7. The number of carbonyl (C=O) groups excluding carboxylic acids is 2. The number of carbonyl (C=O) groups is 2. The van der Waals surface area contributed by atoms with E-state index in [1.54, 1.807) is 43.3 Å². The number of nitrogens with zero attached hydrogens (tertiary/aromatic N) is 2. The molecule has 0 fully saturated rings. The van der Waals surface area contributed by atoms with Gasteiger partial charge in [-0.1, -0.05) is 47.5 Å². The number of likely N-dealkylation sites (N-methyl/N-ethyl adjacent to an activating group) is 2. The molecular weight excluding hydrogens is 426 g/mol. The average molecular weight is 452 g/mol. The van der Waals surface area contributed by atoms with Crippen LogP contribution < -0.4 is 5.32 Å². The van der Waals surface area contributed by atoms with Crippen LogP contribution in [0.25, 0.3) is 0 Å². The number of sulfonamides is 1. The Morgan fingerprint density at radius 2 is 1.70 bits per heavy atom. The lowest BCUT2D eigenvalue weighted by Gasteiger charge is -2.30. The second-order valence-corrected chi connectivity index (χ2v) is 9.43. The summed E-state index contributed by atoms with van der Waals surface area (Å²) in [5, 5.41) is 2.98. The monoisotopic (exact) mass is 451 g/mol. The number of halogens is 1. The Morgan fingerprint density at radius 3 is 2.27 bits per heavy atom. The molecule has 9 heteroatoms. The molecular formula is C21H26ClN3O4S. The van der Waals surface area contributed by atoms with E-state index in [1.165, 1.54) is 31.1 Å². The molecule has 0 radical (unpaired) electrons. The maximum Gasteiger partial charge on any atom is 0.243 e. The van der Waals surface area contributed by atoms with Crippen molar-refractivity contribution in [3.8, 4) is 0 Å². The first kappa shape index (κ1) is 23.9. The number of benzene rings is 2. The van der Waals surface area contributed by atoms with Crippen molar-refractivity contribution in [3.05, 3.63) is 64.7 Å². The van der Waals surface area contributed by atoms with Gasteiger partial charge >= 0.3 is 0 Å². The third kappa shape index (κ3) is 5.59. The first-order valence-electron chi connectivity index (χ1n) is 9.35. The molecule has 0 aromatic heterocycles. The fourth-order valence-electron chi connectivity index (χ4n) is 2.86. The molecule has 0 saturated heterocycles. The Labute approximate surface area is 182 Å². The van der Waals surface area contributed by atoms with Gasteiger partial charge in [-0.25, -0.2) is 8.42 Å². The molecule has 0 aliphatic rings. The van der Waals surface area contributed by atoms with Crippen molar-refractivity contribution in [3.63, 3.8) is 0 Å². The van der Waals surface area contributed by atoms with Crippen molar-refractivity contribution in [2.75, 3.05) is 20.6 Å². The minimum Gasteiger partial charge on any atom is -0.357 e. The predicted octanol–water partition coefficient (Wildman–Crippen LogP) is 2.43. The van der Waals surface area contributed by atoms with Gasteiger partial charge in [-0.2, -0.15) is 4.31 Å². The smallest absolute Gasteiger partial charge is 0.243 e. The van der Waals surface area contributed by atoms with E-state index >= 15 is 0 Å². The molecule has 2 rings (SSSR count). The van der Waals surface area contributed by atoms with E-state index < -0.39 is 28.5 Å². The van der Waals surface area contributed by atoms with E-state index in [0.717, 1.165) is 9.87 Å². The third-order valence-electron chi connectivity index (χ3n) is 4.80. The number of amides is 2. The van der Waals surface area contributed by atoms with Crippen LogP contribution in [0.15, 0.2) is 53.4 Å². The van der Waals surface area contributed by atoms with Crippen LogP contribution in [0.1, 0.15) is 18.1 Å². The molecule has 0 heterocycles. The molecule has 2 aromatic carbocycles. The summed E-state index contributed by atoms with van der Waals surface area (Å²) in [7, 11) is -1.04. The van der Waals surface area contributed by atoms with Gasteiger partial charge in [-0.15, -0.1) is 0 Å². The van der Waals surface area contributed by atoms with Crippen LogP contribution >= 0.6 is 11.6 Å². The van der Waals surface area contributed by atoms with Gasteiger partial charge in [-0.05, 0) is 37.6 Å². The zero-order chi connectivity index (χ0) is 22.5. The van der Waals surface area contributed by atoms with Crippen LogP contribution in [0.5, 0.6) is 0 Å². The zero-order valence-electron chi connectivity index (χ0n) is 17.4. The van der Waals surface area contributed by atoms with Crippen LogP contribution in [0.4, 0.5) is 0 Å². The maximum atomic E-state index is 13.1. The Kier molecular flexibility index (Phi) is 8.00. The van der Waals surface area contributed by atoms with E-state index in [9.17, 15) is 18.0 Å². The van der Waals surface area contributed by atoms with Gasteiger partial charge in [0.15, 0.2) is 0 Å². The summed E-state index contributed by atoms with van der Waals surface area (Å²) in [5.41, 5.74) is 1.59. The second-order valence-electron chi connectivity index (χ2n) is 6.98. The fourth-order valence-corrected chi connectivity index (χ4v) is 4.17. The molecule has 0 spiro atoms. The maximum absolute atomic E-state index is 13.1. The van der Waals surface area contributed by atoms with Gasteiger partial charge in [0, 0.05) is 25.7 Å². The highest BCUT2D eigenvalue weighted by Gasteiger charge is 2.30. The minimum absolute atomic E-state index is 0.0749. The lowest BCUT2D eigenvalue weighted by molar-refractivity contribution is -0.140. The summed E-state index contributed by atoms with van der Waals surface area (Å²) in [6.45, 7) is 3.10. The number of rotatable bonds is 8. The fraction of sp³-hybridized carbons (Fsp3) is 0.333. The normalized spacial score (nSPS) is 12.5. The van der Waals surface area contributed by atoms with E-state index in [-0.39, 0.29) is 17.3 Å². The van der Waals surface area contributed by atoms with Crippen LogP contribution in [-0.2, 0) is 26.2 Å². The van der Waals surface area contributed by atoms with Gasteiger partial charge in [0.2, 0.25) is 21.8 Å². The largest absolute Gasteiger partial charge is 0.357 e. The van der Waals surface area contributed by atoms with Crippen LogP contribution in [0.2, 0.25) is 5.02 Å². The minimum atomic E-state index is -3.86. The van der Waals surface area contributed by atoms with E-state index in [2.05, 4.69) is 5.32 Å². The van der Waals surface area contributed by atoms with Crippen molar-refractivity contribution in [1.82, 2.24) is 14.5 Å². The highest BCUT2D eigenvalue weighted by atomic mass is 35.5. The van der Waals surface area contributed by atoms with E-state index in [0.29, 0.717) is 10.6 Å². The van der Waals surface area contributed by atoms with Crippen LogP contribution in [0.3, 0.4) is 0 Å². The van der Waals surface area contributed by atoms with Gasteiger partial charge in [0.05, 0.1) is 11.4 Å². The first-order valence-corrected chi connectivity index (χ1v) is 11.2. The number of nitrogens with one attached hydrogen (secondary N) is 1. The summed E-state index contributed by atoms with van der Waals surface area (Å²) < 4.78 is 26.6. The lowest BCUT2D eigenvalue weighted by Crippen LogP contribution is -2.50. The quantitative estimate of drug-likeness (QED) is 0.667. The molecule has 1 atom stereocenters. The topological polar surface area (TPSA) is 86.8 Å². The van der Waals surface area contributed by atoms with Crippen molar-refractivity contribution in [2.45, 2.75) is 31.3 Å². The highest BCUT2D eigenvalue weighted by molar-refractivity contribution is 7.89. The third-order valence-corrected chi connectivity index (χ3v) is 6.99. The standard InChI is InChI=1S/C21H26ClN3O4S/c1-15-9-11-18(12-10-15)30(28,29)24(4)14-20(26)25(16(2)21(27)23-3)13-17-7-5-6-8-19(17)22/h5-12,16H,13-14H2,1-4H3,(H,23,27). The Morgan fingerprint density at radius 1 is 1.10 bits per heavy atom. The highest BCUT2D eigenvalue weighted by Crippen LogP contribution is 2.20. The Balaban J connectivity index is 2.27. The summed E-state index contributed by atoms with van der Waals surface area (Å²) in [6.07, 6.45) is 0. The van der Waals surface area contributed by atoms with Crippen molar-refractivity contribution in [1.29, 1.82) is 0 Å². The zero-order valence-corrected chi connectivity index (χ0v) is 19.0. The SMILES string of the molecule is CNC(=O)C(C)N(Cc1ccccc1Cl)C(=O)CN(C)S(=O)(=O)c1ccc(C)cc1. The van der Waals surface area contributed by atoms with Gasteiger partial charge in [0.25, 0.3) is 0 Å². The molecule has 7 nitrogen and oxygen atoms in total. The summed E-state index contributed by atoms with van der Waals surface area (Å²) >= 11 is 6.22. The van der Waals surface area contributed by atoms with Crippen molar-refractivity contribution >= 4 is 33.4 Å². The lowest BCUT2D eigenvalue weighted by atomic mass is 10.1.